The molecule has 1 unspecified atom stereocenters. The van der Waals surface area contributed by atoms with Gasteiger partial charge in [-0.1, -0.05) is 48.5 Å². The van der Waals surface area contributed by atoms with Crippen LogP contribution in [0.25, 0.3) is 10.9 Å². The van der Waals surface area contributed by atoms with E-state index in [1.165, 1.54) is 27.7 Å². The van der Waals surface area contributed by atoms with Gasteiger partial charge in [0.15, 0.2) is 0 Å². The van der Waals surface area contributed by atoms with Crippen molar-refractivity contribution in [2.45, 2.75) is 39.2 Å². The number of carbonyl (C=O) groups is 1. The number of ether oxygens (including phenoxy) is 1. The Morgan fingerprint density at radius 2 is 1.96 bits per heavy atom. The molecule has 1 aromatic heterocycles. The molecule has 25 heavy (non-hydrogen) atoms. The lowest BCUT2D eigenvalue weighted by Gasteiger charge is -2.28. The molecule has 0 N–H and O–H groups in total. The van der Waals surface area contributed by atoms with E-state index in [0.717, 1.165) is 18.4 Å². The maximum atomic E-state index is 12.1. The second-order valence-corrected chi connectivity index (χ2v) is 6.69. The number of benzene rings is 2. The van der Waals surface area contributed by atoms with Gasteiger partial charge < -0.3 is 9.30 Å². The summed E-state index contributed by atoms with van der Waals surface area (Å²) in [4.78, 5) is 12.1. The number of nitrogens with zero attached hydrogens (tertiary/aromatic N) is 1. The van der Waals surface area contributed by atoms with Gasteiger partial charge in [-0.3, -0.25) is 4.79 Å². The lowest BCUT2D eigenvalue weighted by atomic mass is 9.94. The summed E-state index contributed by atoms with van der Waals surface area (Å²) in [6, 6.07) is 17.5. The molecule has 3 nitrogen and oxygen atoms in total. The highest BCUT2D eigenvalue weighted by atomic mass is 16.5. The molecule has 1 aliphatic rings. The molecule has 3 aromatic rings. The highest BCUT2D eigenvalue weighted by molar-refractivity contribution is 5.92. The molecule has 0 spiro atoms. The van der Waals surface area contributed by atoms with Gasteiger partial charge in [-0.05, 0) is 43.4 Å². The Balaban J connectivity index is 1.89. The second kappa shape index (κ2) is 6.40. The summed E-state index contributed by atoms with van der Waals surface area (Å²) < 4.78 is 7.64. The van der Waals surface area contributed by atoms with Gasteiger partial charge in [0.1, 0.15) is 0 Å². The molecular formula is C22H23NO2. The van der Waals surface area contributed by atoms with Crippen LogP contribution in [0.3, 0.4) is 0 Å². The van der Waals surface area contributed by atoms with Crippen molar-refractivity contribution < 1.29 is 9.53 Å². The topological polar surface area (TPSA) is 31.2 Å². The Kier molecular flexibility index (Phi) is 4.08. The lowest BCUT2D eigenvalue weighted by molar-refractivity contribution is -0.142. The minimum absolute atomic E-state index is 0.148. The first-order chi connectivity index (χ1) is 12.2. The monoisotopic (exact) mass is 333 g/mol. The van der Waals surface area contributed by atoms with Crippen molar-refractivity contribution >= 4 is 16.9 Å². The van der Waals surface area contributed by atoms with Crippen molar-refractivity contribution in [1.82, 2.24) is 4.57 Å². The highest BCUT2D eigenvalue weighted by Gasteiger charge is 2.27. The van der Waals surface area contributed by atoms with Crippen molar-refractivity contribution in [2.75, 3.05) is 6.61 Å². The number of para-hydroxylation sites is 1. The zero-order chi connectivity index (χ0) is 17.4. The van der Waals surface area contributed by atoms with Crippen LogP contribution in [0.2, 0.25) is 0 Å². The van der Waals surface area contributed by atoms with E-state index in [0.29, 0.717) is 19.1 Å². The van der Waals surface area contributed by atoms with Crippen LogP contribution in [0.4, 0.5) is 0 Å². The summed E-state index contributed by atoms with van der Waals surface area (Å²) in [6.07, 6.45) is 2.50. The van der Waals surface area contributed by atoms with Crippen LogP contribution in [0.5, 0.6) is 0 Å². The predicted octanol–water partition coefficient (Wildman–Crippen LogP) is 4.59. The van der Waals surface area contributed by atoms with Gasteiger partial charge in [0.05, 0.1) is 24.6 Å². The van der Waals surface area contributed by atoms with Gasteiger partial charge >= 0.3 is 5.97 Å². The highest BCUT2D eigenvalue weighted by Crippen LogP contribution is 2.40. The fourth-order valence-corrected chi connectivity index (χ4v) is 4.21. The number of carbonyl (C=O) groups excluding carboxylic acids is 1. The molecule has 1 aliphatic heterocycles. The van der Waals surface area contributed by atoms with Crippen LogP contribution in [-0.4, -0.2) is 17.1 Å². The van der Waals surface area contributed by atoms with E-state index < -0.39 is 0 Å². The van der Waals surface area contributed by atoms with Crippen molar-refractivity contribution in [1.29, 1.82) is 0 Å². The molecule has 2 heterocycles. The van der Waals surface area contributed by atoms with E-state index in [2.05, 4.69) is 60.0 Å². The SMILES string of the molecule is CCOC(=O)Cc1c(C)n2c3c(cccc13)CCC2c1ccccc1. The molecule has 4 rings (SSSR count). The standard InChI is InChI=1S/C22H23NO2/c1-3-25-21(24)14-19-15(2)23-20(16-8-5-4-6-9-16)13-12-17-10-7-11-18(19)22(17)23/h4-11,20H,3,12-14H2,1-2H3. The minimum Gasteiger partial charge on any atom is -0.466 e. The third kappa shape index (κ3) is 2.64. The molecule has 0 radical (unpaired) electrons. The van der Waals surface area contributed by atoms with Crippen LogP contribution in [0.15, 0.2) is 48.5 Å². The molecule has 0 saturated heterocycles. The summed E-state index contributed by atoms with van der Waals surface area (Å²) >= 11 is 0. The Hall–Kier alpha value is -2.55. The predicted molar refractivity (Wildman–Crippen MR) is 99.9 cm³/mol. The maximum Gasteiger partial charge on any atom is 0.310 e. The smallest absolute Gasteiger partial charge is 0.310 e. The molecule has 0 amide bonds. The summed E-state index contributed by atoms with van der Waals surface area (Å²) in [6.45, 7) is 4.42. The van der Waals surface area contributed by atoms with E-state index in [1.807, 2.05) is 6.92 Å². The summed E-state index contributed by atoms with van der Waals surface area (Å²) in [7, 11) is 0. The van der Waals surface area contributed by atoms with E-state index in [1.54, 1.807) is 0 Å². The van der Waals surface area contributed by atoms with E-state index in [9.17, 15) is 4.79 Å². The number of esters is 1. The fraction of sp³-hybridized carbons (Fsp3) is 0.318. The van der Waals surface area contributed by atoms with Gasteiger partial charge in [-0.25, -0.2) is 0 Å². The first-order valence-electron chi connectivity index (χ1n) is 9.02. The molecule has 0 saturated carbocycles. The second-order valence-electron chi connectivity index (χ2n) is 6.69. The summed E-state index contributed by atoms with van der Waals surface area (Å²) in [5.41, 5.74) is 6.30. The number of aromatic nitrogens is 1. The normalized spacial score (nSPS) is 16.2. The molecule has 2 aromatic carbocycles. The number of hydrogen-bond donors (Lipinski definition) is 0. The number of hydrogen-bond acceptors (Lipinski definition) is 2. The van der Waals surface area contributed by atoms with Crippen molar-refractivity contribution in [3.8, 4) is 0 Å². The van der Waals surface area contributed by atoms with Gasteiger partial charge in [0.25, 0.3) is 0 Å². The van der Waals surface area contributed by atoms with Gasteiger partial charge in [-0.2, -0.15) is 0 Å². The molecule has 0 fully saturated rings. The van der Waals surface area contributed by atoms with E-state index in [-0.39, 0.29) is 5.97 Å². The number of rotatable bonds is 4. The molecule has 3 heteroatoms. The molecule has 0 aliphatic carbocycles. The quantitative estimate of drug-likeness (QED) is 0.654. The largest absolute Gasteiger partial charge is 0.466 e. The Bertz CT molecular complexity index is 924. The third-order valence-corrected chi connectivity index (χ3v) is 5.29. The first kappa shape index (κ1) is 15.9. The van der Waals surface area contributed by atoms with Crippen LogP contribution in [0, 0.1) is 6.92 Å². The van der Waals surface area contributed by atoms with Gasteiger partial charge in [0.2, 0.25) is 0 Å². The zero-order valence-electron chi connectivity index (χ0n) is 14.8. The van der Waals surface area contributed by atoms with Crippen LogP contribution >= 0.6 is 0 Å². The maximum absolute atomic E-state index is 12.1. The van der Waals surface area contributed by atoms with Gasteiger partial charge in [-0.15, -0.1) is 0 Å². The molecule has 0 bridgehead atoms. The average molecular weight is 333 g/mol. The molecule has 1 atom stereocenters. The van der Waals surface area contributed by atoms with E-state index >= 15 is 0 Å². The molecule has 128 valence electrons. The Morgan fingerprint density at radius 1 is 1.16 bits per heavy atom. The summed E-state index contributed by atoms with van der Waals surface area (Å²) in [5.74, 6) is -0.148. The van der Waals surface area contributed by atoms with Crippen LogP contribution < -0.4 is 0 Å². The lowest BCUT2D eigenvalue weighted by Crippen LogP contribution is -2.18. The Morgan fingerprint density at radius 3 is 2.72 bits per heavy atom. The van der Waals surface area contributed by atoms with Crippen molar-refractivity contribution in [2.24, 2.45) is 0 Å². The number of aryl methyl sites for hydroxylation is 1. The van der Waals surface area contributed by atoms with Crippen LogP contribution in [0.1, 0.15) is 41.8 Å². The third-order valence-electron chi connectivity index (χ3n) is 5.29. The van der Waals surface area contributed by atoms with Gasteiger partial charge in [0, 0.05) is 11.1 Å². The van der Waals surface area contributed by atoms with E-state index in [4.69, 9.17) is 4.74 Å². The van der Waals surface area contributed by atoms with Crippen LogP contribution in [-0.2, 0) is 22.4 Å². The summed E-state index contributed by atoms with van der Waals surface area (Å²) in [5, 5.41) is 1.20. The minimum atomic E-state index is -0.148. The Labute approximate surface area is 148 Å². The van der Waals surface area contributed by atoms with Crippen molar-refractivity contribution in [3.05, 3.63) is 70.9 Å². The van der Waals surface area contributed by atoms with Crippen molar-refractivity contribution in [3.63, 3.8) is 0 Å². The average Bonchev–Trinajstić information content (AvgIpc) is 2.91. The fourth-order valence-electron chi connectivity index (χ4n) is 4.21. The molecular weight excluding hydrogens is 310 g/mol. The first-order valence-corrected chi connectivity index (χ1v) is 9.02. The zero-order valence-corrected chi connectivity index (χ0v) is 14.8.